The number of sulfonamides is 1. The van der Waals surface area contributed by atoms with Gasteiger partial charge in [0, 0.05) is 13.1 Å². The van der Waals surface area contributed by atoms with E-state index in [9.17, 15) is 13.2 Å². The first kappa shape index (κ1) is 17.4. The van der Waals surface area contributed by atoms with Crippen LogP contribution in [0.3, 0.4) is 0 Å². The summed E-state index contributed by atoms with van der Waals surface area (Å²) >= 11 is 0. The fourth-order valence-electron chi connectivity index (χ4n) is 2.90. The van der Waals surface area contributed by atoms with Crippen LogP contribution in [0.15, 0.2) is 29.2 Å². The predicted octanol–water partition coefficient (Wildman–Crippen LogP) is 2.03. The number of carbonyl (C=O) groups excluding carboxylic acids is 1. The molecule has 0 aliphatic carbocycles. The predicted molar refractivity (Wildman–Crippen MR) is 84.0 cm³/mol. The van der Waals surface area contributed by atoms with Gasteiger partial charge in [0.15, 0.2) is 6.61 Å². The Hall–Kier alpha value is -1.91. The molecular formula is C16H20N2O4S. The first-order valence-corrected chi connectivity index (χ1v) is 8.93. The van der Waals surface area contributed by atoms with Crippen molar-refractivity contribution in [3.05, 3.63) is 29.8 Å². The van der Waals surface area contributed by atoms with E-state index >= 15 is 0 Å². The van der Waals surface area contributed by atoms with Crippen LogP contribution in [-0.4, -0.2) is 38.4 Å². The summed E-state index contributed by atoms with van der Waals surface area (Å²) in [6.07, 6.45) is 1.02. The first-order valence-electron chi connectivity index (χ1n) is 7.49. The third-order valence-electron chi connectivity index (χ3n) is 3.83. The standard InChI is InChI=1S/C16H20N2O4S/c1-12-9-13(2)11-18(10-12)23(20,21)15-5-3-14(4-6-15)16(19)22-8-7-17/h3-6,12-13H,8-11H2,1-2H3. The Labute approximate surface area is 136 Å². The molecule has 0 radical (unpaired) electrons. The van der Waals surface area contributed by atoms with Crippen molar-refractivity contribution < 1.29 is 17.9 Å². The summed E-state index contributed by atoms with van der Waals surface area (Å²) in [5, 5.41) is 8.39. The Kier molecular flexibility index (Phi) is 5.39. The Bertz CT molecular complexity index is 697. The number of nitrogens with zero attached hydrogens (tertiary/aromatic N) is 2. The van der Waals surface area contributed by atoms with Crippen LogP contribution in [0.4, 0.5) is 0 Å². The van der Waals surface area contributed by atoms with Gasteiger partial charge in [-0.05, 0) is 42.5 Å². The number of benzene rings is 1. The van der Waals surface area contributed by atoms with E-state index in [1.807, 2.05) is 13.8 Å². The van der Waals surface area contributed by atoms with E-state index in [0.29, 0.717) is 24.9 Å². The summed E-state index contributed by atoms with van der Waals surface area (Å²) in [5.74, 6) is 0.0123. The fraction of sp³-hybridized carbons (Fsp3) is 0.500. The van der Waals surface area contributed by atoms with Crippen LogP contribution in [-0.2, 0) is 14.8 Å². The largest absolute Gasteiger partial charge is 0.447 e. The summed E-state index contributed by atoms with van der Waals surface area (Å²) in [6, 6.07) is 7.33. The van der Waals surface area contributed by atoms with Crippen molar-refractivity contribution in [2.45, 2.75) is 25.2 Å². The van der Waals surface area contributed by atoms with Gasteiger partial charge in [-0.15, -0.1) is 0 Å². The van der Waals surface area contributed by atoms with Gasteiger partial charge in [-0.1, -0.05) is 13.8 Å². The van der Waals surface area contributed by atoms with Crippen LogP contribution in [0.2, 0.25) is 0 Å². The van der Waals surface area contributed by atoms with Gasteiger partial charge < -0.3 is 4.74 Å². The highest BCUT2D eigenvalue weighted by molar-refractivity contribution is 7.89. The van der Waals surface area contributed by atoms with E-state index in [4.69, 9.17) is 5.26 Å². The molecule has 2 unspecified atom stereocenters. The first-order chi connectivity index (χ1) is 10.8. The van der Waals surface area contributed by atoms with Crippen molar-refractivity contribution in [3.63, 3.8) is 0 Å². The molecule has 23 heavy (non-hydrogen) atoms. The zero-order valence-corrected chi connectivity index (χ0v) is 14.0. The molecule has 0 saturated carbocycles. The fourth-order valence-corrected chi connectivity index (χ4v) is 4.57. The maximum absolute atomic E-state index is 12.7. The van der Waals surface area contributed by atoms with Crippen molar-refractivity contribution >= 4 is 16.0 Å². The normalized spacial score (nSPS) is 22.3. The van der Waals surface area contributed by atoms with Crippen LogP contribution in [0, 0.1) is 23.2 Å². The second kappa shape index (κ2) is 7.11. The second-order valence-electron chi connectivity index (χ2n) is 6.03. The number of nitriles is 1. The Morgan fingerprint density at radius 3 is 2.35 bits per heavy atom. The lowest BCUT2D eigenvalue weighted by Crippen LogP contribution is -2.42. The highest BCUT2D eigenvalue weighted by Gasteiger charge is 2.31. The quantitative estimate of drug-likeness (QED) is 0.785. The molecule has 2 rings (SSSR count). The molecule has 7 heteroatoms. The van der Waals surface area contributed by atoms with Crippen LogP contribution in [0.5, 0.6) is 0 Å². The van der Waals surface area contributed by atoms with Gasteiger partial charge in [0.2, 0.25) is 10.0 Å². The number of hydrogen-bond donors (Lipinski definition) is 0. The van der Waals surface area contributed by atoms with Crippen LogP contribution in [0.25, 0.3) is 0 Å². The molecule has 1 aromatic carbocycles. The van der Waals surface area contributed by atoms with Gasteiger partial charge in [0.1, 0.15) is 6.07 Å². The van der Waals surface area contributed by atoms with Crippen molar-refractivity contribution in [2.24, 2.45) is 11.8 Å². The molecule has 0 amide bonds. The number of rotatable bonds is 4. The summed E-state index contributed by atoms with van der Waals surface area (Å²) < 4.78 is 31.6. The minimum atomic E-state index is -3.56. The average Bonchev–Trinajstić information content (AvgIpc) is 2.51. The molecule has 0 bridgehead atoms. The summed E-state index contributed by atoms with van der Waals surface area (Å²) in [5.41, 5.74) is 0.222. The van der Waals surface area contributed by atoms with Gasteiger partial charge in [-0.3, -0.25) is 0 Å². The third-order valence-corrected chi connectivity index (χ3v) is 5.68. The van der Waals surface area contributed by atoms with Crippen molar-refractivity contribution in [1.29, 1.82) is 5.26 Å². The summed E-state index contributed by atoms with van der Waals surface area (Å²) in [4.78, 5) is 11.8. The Morgan fingerprint density at radius 1 is 1.26 bits per heavy atom. The average molecular weight is 336 g/mol. The van der Waals surface area contributed by atoms with Gasteiger partial charge in [-0.25, -0.2) is 13.2 Å². The van der Waals surface area contributed by atoms with E-state index in [0.717, 1.165) is 6.42 Å². The summed E-state index contributed by atoms with van der Waals surface area (Å²) in [7, 11) is -3.56. The van der Waals surface area contributed by atoms with Gasteiger partial charge in [-0.2, -0.15) is 9.57 Å². The molecule has 1 fully saturated rings. The van der Waals surface area contributed by atoms with Crippen LogP contribution in [0.1, 0.15) is 30.6 Å². The molecule has 124 valence electrons. The smallest absolute Gasteiger partial charge is 0.339 e. The molecule has 1 aliphatic heterocycles. The lowest BCUT2D eigenvalue weighted by molar-refractivity contribution is 0.0555. The van der Waals surface area contributed by atoms with Crippen molar-refractivity contribution in [1.82, 2.24) is 4.31 Å². The monoisotopic (exact) mass is 336 g/mol. The second-order valence-corrected chi connectivity index (χ2v) is 7.96. The number of carbonyl (C=O) groups is 1. The minimum absolute atomic E-state index is 0.163. The van der Waals surface area contributed by atoms with Crippen LogP contribution < -0.4 is 0 Å². The van der Waals surface area contributed by atoms with Crippen molar-refractivity contribution in [2.75, 3.05) is 19.7 Å². The molecule has 0 aromatic heterocycles. The molecule has 1 heterocycles. The van der Waals surface area contributed by atoms with Gasteiger partial charge >= 0.3 is 5.97 Å². The molecule has 1 aromatic rings. The van der Waals surface area contributed by atoms with Gasteiger partial charge in [0.05, 0.1) is 10.5 Å². The molecule has 0 spiro atoms. The maximum atomic E-state index is 12.7. The molecule has 2 atom stereocenters. The van der Waals surface area contributed by atoms with E-state index in [1.165, 1.54) is 28.6 Å². The number of esters is 1. The molecule has 6 nitrogen and oxygen atoms in total. The third kappa shape index (κ3) is 4.09. The SMILES string of the molecule is CC1CC(C)CN(S(=O)(=O)c2ccc(C(=O)OCC#N)cc2)C1. The lowest BCUT2D eigenvalue weighted by atomic mass is 9.94. The Morgan fingerprint density at radius 2 is 1.83 bits per heavy atom. The molecular weight excluding hydrogens is 316 g/mol. The minimum Gasteiger partial charge on any atom is -0.447 e. The maximum Gasteiger partial charge on any atom is 0.339 e. The number of piperidine rings is 1. The highest BCUT2D eigenvalue weighted by Crippen LogP contribution is 2.26. The van der Waals surface area contributed by atoms with E-state index < -0.39 is 16.0 Å². The lowest BCUT2D eigenvalue weighted by Gasteiger charge is -2.34. The number of ether oxygens (including phenoxy) is 1. The molecule has 0 N–H and O–H groups in total. The van der Waals surface area contributed by atoms with Gasteiger partial charge in [0.25, 0.3) is 0 Å². The van der Waals surface area contributed by atoms with Crippen LogP contribution >= 0.6 is 0 Å². The topological polar surface area (TPSA) is 87.5 Å². The highest BCUT2D eigenvalue weighted by atomic mass is 32.2. The molecule has 1 saturated heterocycles. The summed E-state index contributed by atoms with van der Waals surface area (Å²) in [6.45, 7) is 4.79. The van der Waals surface area contributed by atoms with E-state index in [-0.39, 0.29) is 17.1 Å². The molecule has 1 aliphatic rings. The van der Waals surface area contributed by atoms with Crippen molar-refractivity contribution in [3.8, 4) is 6.07 Å². The zero-order valence-electron chi connectivity index (χ0n) is 13.2. The van der Waals surface area contributed by atoms with E-state index in [2.05, 4.69) is 4.74 Å². The number of hydrogen-bond acceptors (Lipinski definition) is 5. The zero-order chi connectivity index (χ0) is 17.0. The van der Waals surface area contributed by atoms with E-state index in [1.54, 1.807) is 6.07 Å². The Balaban J connectivity index is 2.17.